The van der Waals surface area contributed by atoms with Crippen molar-refractivity contribution in [3.63, 3.8) is 0 Å². The Kier molecular flexibility index (Phi) is 12.9. The number of fused-ring (bicyclic) bond motifs is 1. The SMILES string of the molecule is CNC1=CC(O)N(c2ccnc3c2cc(CN2CC=C(c4c(F)cc(C(=O)N5CCC(CN6CCN(c7ccc(NC8CCC(=O)NC8=O)cc7F)CC6)CC5)cc4F)CC2)n3C)C=C1F. The summed E-state index contributed by atoms with van der Waals surface area (Å²) in [4.78, 5) is 51.3. The van der Waals surface area contributed by atoms with Crippen molar-refractivity contribution in [1.29, 1.82) is 0 Å². The fraction of sp³-hybridized carbons (Fsp3) is 0.417. The minimum absolute atomic E-state index is 0.00840. The number of allylic oxidation sites excluding steroid dienone is 1. The Bertz CT molecular complexity index is 2610. The van der Waals surface area contributed by atoms with Crippen LogP contribution in [0.25, 0.3) is 16.6 Å². The van der Waals surface area contributed by atoms with E-state index in [9.17, 15) is 23.9 Å². The van der Waals surface area contributed by atoms with Crippen LogP contribution in [0.2, 0.25) is 0 Å². The highest BCUT2D eigenvalue weighted by Crippen LogP contribution is 2.35. The number of anilines is 3. The second-order valence-electron chi connectivity index (χ2n) is 17.8. The highest BCUT2D eigenvalue weighted by atomic mass is 19.1. The minimum Gasteiger partial charge on any atom is -0.386 e. The number of aliphatic hydroxyl groups is 1. The Hall–Kier alpha value is -6.24. The average molecular weight is 911 g/mol. The molecule has 14 nitrogen and oxygen atoms in total. The van der Waals surface area contributed by atoms with Gasteiger partial charge in [0.1, 0.15) is 29.1 Å². The molecule has 3 fully saturated rings. The zero-order valence-electron chi connectivity index (χ0n) is 37.0. The summed E-state index contributed by atoms with van der Waals surface area (Å²) in [5.41, 5.74) is 3.80. The van der Waals surface area contributed by atoms with Gasteiger partial charge < -0.3 is 35.0 Å². The molecule has 5 aliphatic heterocycles. The standard InChI is InChI=1S/C48H54F4N10O4/c1-53-40-25-44(64)62(28-38(40)52)41-7-12-54-46-34(41)24-33(57(46)2)27-58-13-10-30(11-14-58)45-36(50)21-31(22-37(45)51)48(66)61-15-8-29(9-16-61)26-59-17-19-60(20-18-59)42-5-3-32(23-35(42)49)55-39-4-6-43(63)56-47(39)65/h3,5,7,10,12,21-25,28-29,39,44,53,55,64H,4,6,8-9,11,13-20,26-27H2,1-2H3,(H,56,63,65). The molecule has 7 heterocycles. The number of aryl methyl sites for hydroxylation is 1. The Morgan fingerprint density at radius 1 is 0.879 bits per heavy atom. The summed E-state index contributed by atoms with van der Waals surface area (Å²) in [5.74, 6) is -3.17. The average Bonchev–Trinajstić information content (AvgIpc) is 3.62. The van der Waals surface area contributed by atoms with E-state index in [1.54, 1.807) is 36.3 Å². The fourth-order valence-corrected chi connectivity index (χ4v) is 9.86. The fourth-order valence-electron chi connectivity index (χ4n) is 9.86. The lowest BCUT2D eigenvalue weighted by Gasteiger charge is -2.39. The molecule has 4 aromatic rings. The molecule has 0 spiro atoms. The number of hydrogen-bond donors (Lipinski definition) is 4. The van der Waals surface area contributed by atoms with Crippen molar-refractivity contribution in [2.45, 2.75) is 50.9 Å². The van der Waals surface area contributed by atoms with Gasteiger partial charge in [-0.05, 0) is 85.7 Å². The van der Waals surface area contributed by atoms with Crippen molar-refractivity contribution >= 4 is 51.4 Å². The number of nitrogens with one attached hydrogen (secondary N) is 3. The zero-order chi connectivity index (χ0) is 46.2. The van der Waals surface area contributed by atoms with Crippen molar-refractivity contribution in [1.82, 2.24) is 34.9 Å². The summed E-state index contributed by atoms with van der Waals surface area (Å²) in [6.07, 6.45) is 7.54. The lowest BCUT2D eigenvalue weighted by Crippen LogP contribution is -2.49. The smallest absolute Gasteiger partial charge is 0.254 e. The molecule has 2 aromatic carbocycles. The maximum Gasteiger partial charge on any atom is 0.254 e. The summed E-state index contributed by atoms with van der Waals surface area (Å²) in [5, 5.41) is 19.6. The normalized spacial score (nSPS) is 21.4. The molecule has 3 amide bonds. The van der Waals surface area contributed by atoms with Crippen molar-refractivity contribution in [3.05, 3.63) is 113 Å². The molecule has 0 radical (unpaired) electrons. The molecule has 2 atom stereocenters. The minimum atomic E-state index is -1.09. The Morgan fingerprint density at radius 3 is 2.32 bits per heavy atom. The highest BCUT2D eigenvalue weighted by molar-refractivity contribution is 6.01. The van der Waals surface area contributed by atoms with E-state index in [-0.39, 0.29) is 35.0 Å². The number of likely N-dealkylation sites (tertiary alicyclic amines) is 1. The van der Waals surface area contributed by atoms with E-state index in [4.69, 9.17) is 0 Å². The van der Waals surface area contributed by atoms with Crippen LogP contribution >= 0.6 is 0 Å². The number of imide groups is 1. The lowest BCUT2D eigenvalue weighted by molar-refractivity contribution is -0.133. The number of carbonyl (C=O) groups is 3. The second kappa shape index (κ2) is 18.9. The molecule has 0 saturated carbocycles. The number of piperidine rings is 2. The van der Waals surface area contributed by atoms with E-state index in [0.717, 1.165) is 55.7 Å². The van der Waals surface area contributed by atoms with Crippen molar-refractivity contribution in [2.75, 3.05) is 81.1 Å². The Labute approximate surface area is 380 Å². The predicted molar refractivity (Wildman–Crippen MR) is 243 cm³/mol. The van der Waals surface area contributed by atoms with Gasteiger partial charge in [0.2, 0.25) is 11.8 Å². The molecule has 4 N–H and O–H groups in total. The van der Waals surface area contributed by atoms with Gasteiger partial charge in [0, 0.05) is 126 Å². The number of pyridine rings is 1. The molecule has 18 heteroatoms. The van der Waals surface area contributed by atoms with Gasteiger partial charge in [-0.3, -0.25) is 29.5 Å². The lowest BCUT2D eigenvalue weighted by atomic mass is 9.94. The Morgan fingerprint density at radius 2 is 1.64 bits per heavy atom. The number of aliphatic hydroxyl groups excluding tert-OH is 1. The third-order valence-corrected chi connectivity index (χ3v) is 13.6. The van der Waals surface area contributed by atoms with E-state index in [0.29, 0.717) is 92.9 Å². The molecule has 2 aromatic heterocycles. The number of nitrogens with zero attached hydrogens (tertiary/aromatic N) is 7. The van der Waals surface area contributed by atoms with Crippen LogP contribution in [0.5, 0.6) is 0 Å². The van der Waals surface area contributed by atoms with Crippen molar-refractivity contribution < 1.29 is 37.1 Å². The van der Waals surface area contributed by atoms with E-state index >= 15 is 13.2 Å². The quantitative estimate of drug-likeness (QED) is 0.116. The number of carbonyl (C=O) groups excluding carboxylic acids is 3. The second-order valence-corrected chi connectivity index (χ2v) is 17.8. The Balaban J connectivity index is 0.751. The first-order chi connectivity index (χ1) is 31.8. The summed E-state index contributed by atoms with van der Waals surface area (Å²) < 4.78 is 63.4. The summed E-state index contributed by atoms with van der Waals surface area (Å²) in [7, 11) is 3.48. The van der Waals surface area contributed by atoms with Crippen LogP contribution < -0.4 is 25.8 Å². The van der Waals surface area contributed by atoms with Crippen LogP contribution in [0.4, 0.5) is 34.6 Å². The molecule has 66 heavy (non-hydrogen) atoms. The van der Waals surface area contributed by atoms with Crippen LogP contribution in [0.15, 0.2) is 78.5 Å². The van der Waals surface area contributed by atoms with Crippen LogP contribution in [-0.2, 0) is 23.2 Å². The van der Waals surface area contributed by atoms with Gasteiger partial charge in [-0.25, -0.2) is 22.5 Å². The molecule has 0 aliphatic carbocycles. The third-order valence-electron chi connectivity index (χ3n) is 13.6. The molecule has 2 unspecified atom stereocenters. The number of rotatable bonds is 11. The van der Waals surface area contributed by atoms with Gasteiger partial charge in [-0.15, -0.1) is 0 Å². The van der Waals surface area contributed by atoms with Gasteiger partial charge >= 0.3 is 0 Å². The van der Waals surface area contributed by atoms with E-state index in [2.05, 4.69) is 30.7 Å². The monoisotopic (exact) mass is 910 g/mol. The van der Waals surface area contributed by atoms with Gasteiger partial charge in [0.25, 0.3) is 5.91 Å². The maximum atomic E-state index is 15.7. The predicted octanol–water partition coefficient (Wildman–Crippen LogP) is 5.22. The first-order valence-corrected chi connectivity index (χ1v) is 22.6. The summed E-state index contributed by atoms with van der Waals surface area (Å²) in [6.45, 7) is 6.10. The van der Waals surface area contributed by atoms with Crippen LogP contribution in [0.1, 0.15) is 53.7 Å². The number of hydrogen-bond acceptors (Lipinski definition) is 11. The maximum absolute atomic E-state index is 15.7. The third kappa shape index (κ3) is 9.26. The van der Waals surface area contributed by atoms with Gasteiger partial charge in [-0.2, -0.15) is 0 Å². The molecular formula is C48H54F4N10O4. The van der Waals surface area contributed by atoms with Gasteiger partial charge in [0.15, 0.2) is 12.1 Å². The van der Waals surface area contributed by atoms with Crippen molar-refractivity contribution in [3.8, 4) is 0 Å². The van der Waals surface area contributed by atoms with E-state index < -0.39 is 41.5 Å². The highest BCUT2D eigenvalue weighted by Gasteiger charge is 2.31. The number of benzene rings is 2. The number of likely N-dealkylation sites (N-methyl/N-ethyl adjacent to an activating group) is 1. The first kappa shape index (κ1) is 44.9. The van der Waals surface area contributed by atoms with Crippen LogP contribution in [0.3, 0.4) is 0 Å². The molecule has 9 rings (SSSR count). The number of amides is 3. The zero-order valence-corrected chi connectivity index (χ0v) is 37.0. The number of piperazine rings is 1. The van der Waals surface area contributed by atoms with Crippen LogP contribution in [-0.4, -0.2) is 125 Å². The molecule has 3 saturated heterocycles. The van der Waals surface area contributed by atoms with Gasteiger partial charge in [-0.1, -0.05) is 6.08 Å². The molecule has 5 aliphatic rings. The topological polar surface area (TPSA) is 142 Å². The van der Waals surface area contributed by atoms with Crippen LogP contribution in [0, 0.1) is 23.4 Å². The van der Waals surface area contributed by atoms with E-state index in [1.807, 2.05) is 28.7 Å². The first-order valence-electron chi connectivity index (χ1n) is 22.6. The largest absolute Gasteiger partial charge is 0.386 e. The van der Waals surface area contributed by atoms with E-state index in [1.165, 1.54) is 23.2 Å². The number of aromatic nitrogens is 2. The van der Waals surface area contributed by atoms with Gasteiger partial charge in [0.05, 0.1) is 17.1 Å². The molecular weight excluding hydrogens is 857 g/mol. The number of halogens is 4. The summed E-state index contributed by atoms with van der Waals surface area (Å²) >= 11 is 0. The molecule has 0 bridgehead atoms. The summed E-state index contributed by atoms with van der Waals surface area (Å²) in [6, 6.07) is 10.3. The van der Waals surface area contributed by atoms with Crippen molar-refractivity contribution in [2.24, 2.45) is 13.0 Å². The molecule has 348 valence electrons.